The third kappa shape index (κ3) is 3.06. The van der Waals surface area contributed by atoms with Gasteiger partial charge in [0.25, 0.3) is 5.91 Å². The van der Waals surface area contributed by atoms with Crippen LogP contribution in [0.2, 0.25) is 5.02 Å². The number of nitrogens with one attached hydrogen (secondary N) is 2. The predicted octanol–water partition coefficient (Wildman–Crippen LogP) is 2.95. The number of fused-ring (bicyclic) bond motifs is 4. The van der Waals surface area contributed by atoms with Crippen LogP contribution >= 0.6 is 11.6 Å². The Morgan fingerprint density at radius 1 is 1.31 bits per heavy atom. The number of oxime groups is 1. The molecule has 0 aliphatic carbocycles. The van der Waals surface area contributed by atoms with E-state index in [0.29, 0.717) is 34.6 Å². The molecule has 2 saturated heterocycles. The largest absolute Gasteiger partial charge is 0.494 e. The molecular formula is C23H20ClN5O3. The van der Waals surface area contributed by atoms with Crippen molar-refractivity contribution in [1.29, 1.82) is 0 Å². The smallest absolute Gasteiger partial charge is 0.263 e. The van der Waals surface area contributed by atoms with Gasteiger partial charge in [-0.1, -0.05) is 35.0 Å². The number of para-hydroxylation sites is 1. The van der Waals surface area contributed by atoms with E-state index in [1.807, 2.05) is 29.2 Å². The first-order chi connectivity index (χ1) is 15.6. The van der Waals surface area contributed by atoms with E-state index < -0.39 is 0 Å². The molecule has 0 radical (unpaired) electrons. The first-order valence-corrected chi connectivity index (χ1v) is 10.9. The van der Waals surface area contributed by atoms with E-state index in [1.165, 1.54) is 0 Å². The highest BCUT2D eigenvalue weighted by atomic mass is 35.5. The van der Waals surface area contributed by atoms with Crippen molar-refractivity contribution < 1.29 is 14.7 Å². The molecular weight excluding hydrogens is 430 g/mol. The van der Waals surface area contributed by atoms with Crippen molar-refractivity contribution in [3.8, 4) is 5.88 Å². The molecule has 1 aromatic heterocycles. The number of nitrogens with zero attached hydrogens (tertiary/aromatic N) is 3. The summed E-state index contributed by atoms with van der Waals surface area (Å²) in [5.41, 5.74) is 3.65. The number of aromatic amines is 1. The fourth-order valence-corrected chi connectivity index (χ4v) is 5.00. The number of hydrogen-bond acceptors (Lipinski definition) is 6. The Balaban J connectivity index is 1.33. The average Bonchev–Trinajstić information content (AvgIpc) is 3.55. The van der Waals surface area contributed by atoms with E-state index >= 15 is 0 Å². The standard InChI is InChI=1S/C23H20ClN5O3/c24-12-5-6-18-16(7-12)20(23(31)27-18)22-21(15-3-1-2-4-17(15)26-22)28-32-11-19(30)29-10-13-8-14(29)9-25-13/h1-7,13-14,25,27,31H,8-11H2/t13-,14-/m1/s1. The third-order valence-electron chi connectivity index (χ3n) is 6.31. The van der Waals surface area contributed by atoms with Gasteiger partial charge in [-0.3, -0.25) is 4.79 Å². The number of carbonyl (C=O) groups is 1. The minimum absolute atomic E-state index is 0.0295. The molecule has 2 fully saturated rings. The van der Waals surface area contributed by atoms with Crippen LogP contribution in [-0.2, 0) is 9.63 Å². The molecule has 3 aliphatic rings. The molecule has 3 N–H and O–H groups in total. The minimum Gasteiger partial charge on any atom is -0.494 e. The van der Waals surface area contributed by atoms with Crippen molar-refractivity contribution in [3.63, 3.8) is 0 Å². The molecule has 1 amide bonds. The maximum Gasteiger partial charge on any atom is 0.263 e. The first-order valence-electron chi connectivity index (χ1n) is 10.5. The van der Waals surface area contributed by atoms with Gasteiger partial charge >= 0.3 is 0 Å². The molecule has 2 atom stereocenters. The lowest BCUT2D eigenvalue weighted by Crippen LogP contribution is -2.47. The maximum absolute atomic E-state index is 12.6. The molecule has 0 spiro atoms. The van der Waals surface area contributed by atoms with Gasteiger partial charge in [-0.05, 0) is 30.7 Å². The highest BCUT2D eigenvalue weighted by Gasteiger charge is 2.40. The highest BCUT2D eigenvalue weighted by molar-refractivity contribution is 6.58. The van der Waals surface area contributed by atoms with Crippen molar-refractivity contribution >= 4 is 45.5 Å². The first kappa shape index (κ1) is 19.3. The second-order valence-electron chi connectivity index (χ2n) is 8.27. The summed E-state index contributed by atoms with van der Waals surface area (Å²) in [6.45, 7) is 1.40. The Morgan fingerprint density at radius 2 is 2.19 bits per heavy atom. The van der Waals surface area contributed by atoms with Gasteiger partial charge in [0.05, 0.1) is 11.3 Å². The van der Waals surface area contributed by atoms with E-state index in [0.717, 1.165) is 35.1 Å². The SMILES string of the molecule is O=C(CON=C1C(c2c(O)[nH]c3ccc(Cl)cc23)=Nc2ccccc21)N1C[C@H]2C[C@@H]1CN2. The molecule has 9 heteroatoms. The van der Waals surface area contributed by atoms with Gasteiger partial charge in [0.1, 0.15) is 11.4 Å². The molecule has 4 heterocycles. The monoisotopic (exact) mass is 449 g/mol. The Labute approximate surface area is 188 Å². The van der Waals surface area contributed by atoms with Crippen molar-refractivity contribution in [2.24, 2.45) is 10.1 Å². The highest BCUT2D eigenvalue weighted by Crippen LogP contribution is 2.36. The maximum atomic E-state index is 12.6. The number of aliphatic imine (C=N–C) groups is 1. The lowest BCUT2D eigenvalue weighted by molar-refractivity contribution is -0.137. The van der Waals surface area contributed by atoms with E-state index in [2.05, 4.69) is 15.5 Å². The van der Waals surface area contributed by atoms with E-state index in [9.17, 15) is 9.90 Å². The molecule has 8 nitrogen and oxygen atoms in total. The average molecular weight is 450 g/mol. The second-order valence-corrected chi connectivity index (χ2v) is 8.71. The number of rotatable bonds is 4. The molecule has 6 rings (SSSR count). The van der Waals surface area contributed by atoms with E-state index in [4.69, 9.17) is 21.4 Å². The molecule has 3 aromatic rings. The number of piperazine rings is 1. The zero-order valence-electron chi connectivity index (χ0n) is 17.0. The lowest BCUT2D eigenvalue weighted by atomic mass is 10.0. The number of benzene rings is 2. The summed E-state index contributed by atoms with van der Waals surface area (Å²) >= 11 is 6.20. The second kappa shape index (κ2) is 7.36. The quantitative estimate of drug-likeness (QED) is 0.533. The van der Waals surface area contributed by atoms with Crippen molar-refractivity contribution in [2.45, 2.75) is 18.5 Å². The minimum atomic E-state index is -0.145. The Bertz CT molecular complexity index is 1310. The van der Waals surface area contributed by atoms with Crippen LogP contribution in [-0.4, -0.2) is 64.1 Å². The molecule has 162 valence electrons. The van der Waals surface area contributed by atoms with Crippen LogP contribution in [0.1, 0.15) is 17.5 Å². The summed E-state index contributed by atoms with van der Waals surface area (Å²) in [6.07, 6.45) is 0.993. The Kier molecular flexibility index (Phi) is 4.44. The van der Waals surface area contributed by atoms with Gasteiger partial charge in [0.15, 0.2) is 12.5 Å². The number of hydrogen-bond donors (Lipinski definition) is 3. The number of likely N-dealkylation sites (tertiary alicyclic amines) is 1. The molecule has 0 saturated carbocycles. The van der Waals surface area contributed by atoms with Gasteiger partial charge < -0.3 is 25.1 Å². The number of carbonyl (C=O) groups excluding carboxylic acids is 1. The van der Waals surface area contributed by atoms with Crippen LogP contribution in [0.5, 0.6) is 5.88 Å². The number of aromatic nitrogens is 1. The van der Waals surface area contributed by atoms with Gasteiger partial charge in [-0.25, -0.2) is 4.99 Å². The topological polar surface area (TPSA) is 102 Å². The Hall–Kier alpha value is -3.36. The molecule has 3 aliphatic heterocycles. The van der Waals surface area contributed by atoms with Gasteiger partial charge in [-0.15, -0.1) is 0 Å². The summed E-state index contributed by atoms with van der Waals surface area (Å²) < 4.78 is 0. The van der Waals surface area contributed by atoms with Crippen LogP contribution in [0, 0.1) is 0 Å². The van der Waals surface area contributed by atoms with Crippen LogP contribution in [0.4, 0.5) is 5.69 Å². The van der Waals surface area contributed by atoms with Crippen LogP contribution < -0.4 is 5.32 Å². The number of aromatic hydroxyl groups is 1. The zero-order chi connectivity index (χ0) is 21.8. The summed E-state index contributed by atoms with van der Waals surface area (Å²) in [5.74, 6) is -0.104. The number of H-pyrrole nitrogens is 1. The molecule has 32 heavy (non-hydrogen) atoms. The fourth-order valence-electron chi connectivity index (χ4n) is 4.83. The van der Waals surface area contributed by atoms with Crippen molar-refractivity contribution in [1.82, 2.24) is 15.2 Å². The van der Waals surface area contributed by atoms with Crippen LogP contribution in [0.3, 0.4) is 0 Å². The number of halogens is 1. The summed E-state index contributed by atoms with van der Waals surface area (Å²) in [4.78, 5) is 27.7. The summed E-state index contributed by atoms with van der Waals surface area (Å²) in [5, 5.41) is 19.6. The predicted molar refractivity (Wildman–Crippen MR) is 122 cm³/mol. The zero-order valence-corrected chi connectivity index (χ0v) is 17.8. The molecule has 2 aromatic carbocycles. The van der Waals surface area contributed by atoms with Gasteiger partial charge in [0, 0.05) is 46.7 Å². The van der Waals surface area contributed by atoms with Gasteiger partial charge in [-0.2, -0.15) is 0 Å². The number of amides is 1. The third-order valence-corrected chi connectivity index (χ3v) is 6.55. The van der Waals surface area contributed by atoms with E-state index in [1.54, 1.807) is 18.2 Å². The van der Waals surface area contributed by atoms with Crippen LogP contribution in [0.15, 0.2) is 52.6 Å². The van der Waals surface area contributed by atoms with Crippen molar-refractivity contribution in [2.75, 3.05) is 19.7 Å². The fraction of sp³-hybridized carbons (Fsp3) is 0.261. The van der Waals surface area contributed by atoms with Crippen LogP contribution in [0.25, 0.3) is 10.9 Å². The summed E-state index contributed by atoms with van der Waals surface area (Å²) in [7, 11) is 0. The van der Waals surface area contributed by atoms with Crippen molar-refractivity contribution in [3.05, 3.63) is 58.6 Å². The summed E-state index contributed by atoms with van der Waals surface area (Å²) in [6, 6.07) is 13.5. The molecule has 0 unspecified atom stereocenters. The van der Waals surface area contributed by atoms with E-state index in [-0.39, 0.29) is 24.4 Å². The lowest BCUT2D eigenvalue weighted by Gasteiger charge is -2.26. The van der Waals surface area contributed by atoms with Gasteiger partial charge in [0.2, 0.25) is 0 Å². The Morgan fingerprint density at radius 3 is 3.00 bits per heavy atom. The molecule has 2 bridgehead atoms. The normalized spacial score (nSPS) is 22.6.